The lowest BCUT2D eigenvalue weighted by Gasteiger charge is -2.01. The monoisotopic (exact) mass is 276 g/mol. The largest absolute Gasteiger partial charge is 0.258 e. The zero-order chi connectivity index (χ0) is 13.6. The van der Waals surface area contributed by atoms with Crippen LogP contribution in [0.3, 0.4) is 0 Å². The van der Waals surface area contributed by atoms with Crippen molar-refractivity contribution < 1.29 is 0 Å². The molecule has 0 saturated heterocycles. The van der Waals surface area contributed by atoms with Crippen LogP contribution in [-0.2, 0) is 0 Å². The third kappa shape index (κ3) is 3.01. The summed E-state index contributed by atoms with van der Waals surface area (Å²) in [6, 6.07) is 31.5. The molecule has 3 aromatic carbocycles. The first-order chi connectivity index (χ1) is 9.93. The normalized spacial score (nSPS) is 10.4. The van der Waals surface area contributed by atoms with Crippen molar-refractivity contribution in [3.63, 3.8) is 0 Å². The number of hydrogen-bond donors (Lipinski definition) is 0. The maximum atomic E-state index is 2.30. The highest BCUT2D eigenvalue weighted by Gasteiger charge is 2.13. The van der Waals surface area contributed by atoms with Gasteiger partial charge in [0.25, 0.3) is 8.37 Å². The highest BCUT2D eigenvalue weighted by molar-refractivity contribution is 7.37. The van der Waals surface area contributed by atoms with E-state index in [9.17, 15) is 0 Å². The van der Waals surface area contributed by atoms with Crippen LogP contribution in [0.2, 0.25) is 0 Å². The second kappa shape index (κ2) is 6.27. The molecule has 0 saturated carbocycles. The molecular formula is C18H15NP+. The highest BCUT2D eigenvalue weighted by atomic mass is 31.1. The predicted octanol–water partition coefficient (Wildman–Crippen LogP) is 4.98. The molecule has 0 amide bonds. The summed E-state index contributed by atoms with van der Waals surface area (Å²) in [6.45, 7) is 0. The van der Waals surface area contributed by atoms with Gasteiger partial charge in [0.2, 0.25) is 11.4 Å². The fourth-order valence-electron chi connectivity index (χ4n) is 2.01. The van der Waals surface area contributed by atoms with Gasteiger partial charge in [-0.05, 0) is 12.1 Å². The molecule has 0 aromatic heterocycles. The Morgan fingerprint density at radius 2 is 0.900 bits per heavy atom. The van der Waals surface area contributed by atoms with Crippen molar-refractivity contribution in [1.82, 2.24) is 4.33 Å². The molecular weight excluding hydrogens is 261 g/mol. The number of nitrogens with zero attached hydrogens (tertiary/aromatic N) is 1. The Morgan fingerprint density at radius 1 is 0.500 bits per heavy atom. The first-order valence-corrected chi connectivity index (χ1v) is 7.45. The van der Waals surface area contributed by atoms with Gasteiger partial charge in [-0.2, -0.15) is 0 Å². The first kappa shape index (κ1) is 12.8. The lowest BCUT2D eigenvalue weighted by Crippen LogP contribution is -2.01. The van der Waals surface area contributed by atoms with E-state index in [2.05, 4.69) is 77.1 Å². The van der Waals surface area contributed by atoms with Crippen LogP contribution in [0.1, 0.15) is 0 Å². The summed E-state index contributed by atoms with van der Waals surface area (Å²) in [5.74, 6) is 0. The smallest absolute Gasteiger partial charge is 0.140 e. The fourth-order valence-corrected chi connectivity index (χ4v) is 3.05. The Labute approximate surface area is 121 Å². The van der Waals surface area contributed by atoms with Crippen molar-refractivity contribution in [2.75, 3.05) is 0 Å². The van der Waals surface area contributed by atoms with Crippen molar-refractivity contribution in [3.05, 3.63) is 91.0 Å². The molecule has 0 bridgehead atoms. The van der Waals surface area contributed by atoms with E-state index < -0.39 is 0 Å². The molecule has 0 radical (unpaired) electrons. The van der Waals surface area contributed by atoms with E-state index in [0.29, 0.717) is 0 Å². The Hall–Kier alpha value is -2.24. The second-order valence-electron chi connectivity index (χ2n) is 4.42. The molecule has 2 heteroatoms. The SMILES string of the molecule is c1ccc(P=[N+](c2ccccc2)c2ccccc2)cc1. The van der Waals surface area contributed by atoms with Gasteiger partial charge in [-0.1, -0.05) is 54.6 Å². The molecule has 0 spiro atoms. The van der Waals surface area contributed by atoms with Gasteiger partial charge in [0.05, 0.1) is 5.30 Å². The van der Waals surface area contributed by atoms with Crippen molar-refractivity contribution in [1.29, 1.82) is 0 Å². The van der Waals surface area contributed by atoms with Crippen molar-refractivity contribution in [2.45, 2.75) is 0 Å². The first-order valence-electron chi connectivity index (χ1n) is 6.60. The molecule has 3 rings (SSSR count). The zero-order valence-corrected chi connectivity index (χ0v) is 11.9. The Bertz CT molecular complexity index is 650. The number of hydrogen-bond acceptors (Lipinski definition) is 0. The Morgan fingerprint density at radius 3 is 1.35 bits per heavy atom. The zero-order valence-electron chi connectivity index (χ0n) is 11.1. The van der Waals surface area contributed by atoms with E-state index in [1.807, 2.05) is 18.2 Å². The number of rotatable bonds is 3. The molecule has 0 N–H and O–H groups in total. The standard InChI is InChI=1S/C18H15NP/c1-4-10-16(11-5-1)19(17-12-6-2-7-13-17)20-18-14-8-3-9-15-18/h1-15H/q+1. The summed E-state index contributed by atoms with van der Waals surface area (Å²) < 4.78 is 2.30. The summed E-state index contributed by atoms with van der Waals surface area (Å²) in [5.41, 5.74) is 2.40. The Kier molecular flexibility index (Phi) is 4.01. The summed E-state index contributed by atoms with van der Waals surface area (Å²) >= 11 is 0. The van der Waals surface area contributed by atoms with Gasteiger partial charge in [0.1, 0.15) is 0 Å². The molecule has 0 fully saturated rings. The third-order valence-corrected chi connectivity index (χ3v) is 4.16. The van der Waals surface area contributed by atoms with Gasteiger partial charge >= 0.3 is 0 Å². The molecule has 3 aromatic rings. The number of para-hydroxylation sites is 2. The van der Waals surface area contributed by atoms with Crippen molar-refractivity contribution in [2.24, 2.45) is 0 Å². The van der Waals surface area contributed by atoms with Crippen LogP contribution in [0.4, 0.5) is 11.4 Å². The topological polar surface area (TPSA) is 3.01 Å². The quantitative estimate of drug-likeness (QED) is 0.594. The number of benzene rings is 3. The van der Waals surface area contributed by atoms with E-state index in [0.717, 1.165) is 8.37 Å². The van der Waals surface area contributed by atoms with E-state index >= 15 is 0 Å². The van der Waals surface area contributed by atoms with Crippen LogP contribution in [0.15, 0.2) is 91.0 Å². The summed E-state index contributed by atoms with van der Waals surface area (Å²) in [6.07, 6.45) is 0. The summed E-state index contributed by atoms with van der Waals surface area (Å²) in [7, 11) is 1.16. The maximum absolute atomic E-state index is 2.30. The molecule has 20 heavy (non-hydrogen) atoms. The minimum absolute atomic E-state index is 1.16. The third-order valence-electron chi connectivity index (χ3n) is 2.97. The molecule has 0 aliphatic rings. The van der Waals surface area contributed by atoms with Crippen LogP contribution in [0.25, 0.3) is 0 Å². The van der Waals surface area contributed by atoms with Crippen LogP contribution < -0.4 is 9.63 Å². The van der Waals surface area contributed by atoms with E-state index in [-0.39, 0.29) is 0 Å². The van der Waals surface area contributed by atoms with Gasteiger partial charge in [0, 0.05) is 24.3 Å². The van der Waals surface area contributed by atoms with E-state index in [1.54, 1.807) is 0 Å². The van der Waals surface area contributed by atoms with Crippen molar-refractivity contribution in [3.8, 4) is 0 Å². The average Bonchev–Trinajstić information content (AvgIpc) is 2.55. The van der Waals surface area contributed by atoms with Crippen LogP contribution in [-0.4, -0.2) is 0 Å². The molecule has 0 aliphatic carbocycles. The molecule has 96 valence electrons. The second-order valence-corrected chi connectivity index (χ2v) is 5.53. The predicted molar refractivity (Wildman–Crippen MR) is 87.3 cm³/mol. The lowest BCUT2D eigenvalue weighted by molar-refractivity contribution is 1.13. The minimum Gasteiger partial charge on any atom is -0.140 e. The maximum Gasteiger partial charge on any atom is 0.258 e. The minimum atomic E-state index is 1.16. The van der Waals surface area contributed by atoms with Crippen LogP contribution >= 0.6 is 8.37 Å². The summed E-state index contributed by atoms with van der Waals surface area (Å²) in [4.78, 5) is 0. The van der Waals surface area contributed by atoms with Crippen LogP contribution in [0.5, 0.6) is 0 Å². The summed E-state index contributed by atoms with van der Waals surface area (Å²) in [5, 5.41) is 1.28. The van der Waals surface area contributed by atoms with Gasteiger partial charge in [-0.15, -0.1) is 4.33 Å². The fraction of sp³-hybridized carbons (Fsp3) is 0. The van der Waals surface area contributed by atoms with Gasteiger partial charge in [0.15, 0.2) is 0 Å². The molecule has 0 heterocycles. The molecule has 0 atom stereocenters. The molecule has 0 unspecified atom stereocenters. The van der Waals surface area contributed by atoms with E-state index in [4.69, 9.17) is 0 Å². The van der Waals surface area contributed by atoms with Gasteiger partial charge in [-0.3, -0.25) is 0 Å². The van der Waals surface area contributed by atoms with Crippen LogP contribution in [0, 0.1) is 0 Å². The lowest BCUT2D eigenvalue weighted by atomic mass is 10.3. The van der Waals surface area contributed by atoms with E-state index in [1.165, 1.54) is 16.7 Å². The Balaban J connectivity index is 2.12. The molecule has 1 nitrogen and oxygen atoms in total. The van der Waals surface area contributed by atoms with Crippen molar-refractivity contribution >= 4 is 25.1 Å². The van der Waals surface area contributed by atoms with Gasteiger partial charge in [-0.25, -0.2) is 0 Å². The molecule has 0 aliphatic heterocycles. The average molecular weight is 276 g/mol. The van der Waals surface area contributed by atoms with Gasteiger partial charge < -0.3 is 0 Å². The highest BCUT2D eigenvalue weighted by Crippen LogP contribution is 2.24.